The van der Waals surface area contributed by atoms with E-state index in [0.29, 0.717) is 43.4 Å². The monoisotopic (exact) mass is 418 g/mol. The van der Waals surface area contributed by atoms with E-state index in [0.717, 1.165) is 32.0 Å². The van der Waals surface area contributed by atoms with E-state index in [1.54, 1.807) is 19.2 Å². The molecule has 1 atom stereocenters. The topological polar surface area (TPSA) is 69.3 Å². The number of likely N-dealkylation sites (tertiary alicyclic amines) is 1. The number of ether oxygens (including phenoxy) is 4. The van der Waals surface area contributed by atoms with E-state index in [1.165, 1.54) is 25.7 Å². The number of hydrogen-bond donors (Lipinski definition) is 1. The highest BCUT2D eigenvalue weighted by Crippen LogP contribution is 2.32. The van der Waals surface area contributed by atoms with Gasteiger partial charge in [0.15, 0.2) is 11.5 Å². The lowest BCUT2D eigenvalue weighted by molar-refractivity contribution is -0.0855. The van der Waals surface area contributed by atoms with Gasteiger partial charge in [-0.05, 0) is 43.9 Å². The molecule has 7 heteroatoms. The summed E-state index contributed by atoms with van der Waals surface area (Å²) in [4.78, 5) is 15.1. The van der Waals surface area contributed by atoms with Gasteiger partial charge in [0.05, 0.1) is 33.0 Å². The molecule has 2 heterocycles. The highest BCUT2D eigenvalue weighted by molar-refractivity contribution is 5.94. The summed E-state index contributed by atoms with van der Waals surface area (Å²) in [6.07, 6.45) is 7.61. The summed E-state index contributed by atoms with van der Waals surface area (Å²) >= 11 is 0. The Bertz CT molecular complexity index is 693. The van der Waals surface area contributed by atoms with Gasteiger partial charge in [-0.3, -0.25) is 4.79 Å². The summed E-state index contributed by atoms with van der Waals surface area (Å²) in [5, 5.41) is 2.91. The third-order valence-corrected chi connectivity index (χ3v) is 6.41. The number of hydrogen-bond acceptors (Lipinski definition) is 6. The zero-order valence-electron chi connectivity index (χ0n) is 17.9. The number of methoxy groups -OCH3 is 1. The number of amides is 1. The molecule has 0 bridgehead atoms. The van der Waals surface area contributed by atoms with Crippen molar-refractivity contribution in [3.05, 3.63) is 23.8 Å². The van der Waals surface area contributed by atoms with Gasteiger partial charge in [-0.2, -0.15) is 0 Å². The second-order valence-corrected chi connectivity index (χ2v) is 8.43. The van der Waals surface area contributed by atoms with Crippen LogP contribution in [0, 0.1) is 0 Å². The fourth-order valence-electron chi connectivity index (χ4n) is 4.68. The number of carbonyl (C=O) groups excluding carboxylic acids is 1. The normalized spacial score (nSPS) is 24.0. The van der Waals surface area contributed by atoms with Crippen molar-refractivity contribution in [2.45, 2.75) is 56.8 Å². The van der Waals surface area contributed by atoms with Crippen LogP contribution in [0.1, 0.15) is 48.9 Å². The average molecular weight is 419 g/mol. The Kier molecular flexibility index (Phi) is 7.47. The van der Waals surface area contributed by atoms with Crippen molar-refractivity contribution in [1.29, 1.82) is 0 Å². The van der Waals surface area contributed by atoms with Gasteiger partial charge in [0, 0.05) is 31.2 Å². The molecule has 2 aliphatic heterocycles. The summed E-state index contributed by atoms with van der Waals surface area (Å²) in [5.74, 6) is 1.15. The van der Waals surface area contributed by atoms with E-state index in [2.05, 4.69) is 10.2 Å². The lowest BCUT2D eigenvalue weighted by Crippen LogP contribution is -2.43. The van der Waals surface area contributed by atoms with Crippen LogP contribution < -0.4 is 14.8 Å². The van der Waals surface area contributed by atoms with Crippen LogP contribution in [0.3, 0.4) is 0 Å². The van der Waals surface area contributed by atoms with E-state index >= 15 is 0 Å². The largest absolute Gasteiger partial charge is 0.493 e. The number of piperidine rings is 1. The minimum absolute atomic E-state index is 0.0951. The third-order valence-electron chi connectivity index (χ3n) is 6.41. The fraction of sp³-hybridized carbons (Fsp3) is 0.696. The zero-order chi connectivity index (χ0) is 20.8. The van der Waals surface area contributed by atoms with E-state index in [4.69, 9.17) is 18.9 Å². The van der Waals surface area contributed by atoms with Crippen molar-refractivity contribution in [2.24, 2.45) is 0 Å². The molecule has 166 valence electrons. The molecule has 1 aromatic rings. The minimum Gasteiger partial charge on any atom is -0.493 e. The number of carbonyl (C=O) groups is 1. The van der Waals surface area contributed by atoms with Gasteiger partial charge in [0.25, 0.3) is 5.91 Å². The Morgan fingerprint density at radius 1 is 1.13 bits per heavy atom. The van der Waals surface area contributed by atoms with Crippen LogP contribution in [0.2, 0.25) is 0 Å². The van der Waals surface area contributed by atoms with Gasteiger partial charge in [-0.25, -0.2) is 0 Å². The van der Waals surface area contributed by atoms with Crippen molar-refractivity contribution in [3.63, 3.8) is 0 Å². The van der Waals surface area contributed by atoms with Crippen molar-refractivity contribution in [1.82, 2.24) is 10.2 Å². The van der Waals surface area contributed by atoms with E-state index in [9.17, 15) is 4.79 Å². The Labute approximate surface area is 179 Å². The molecule has 1 aliphatic carbocycles. The summed E-state index contributed by atoms with van der Waals surface area (Å²) in [6, 6.07) is 6.16. The molecule has 3 fully saturated rings. The Balaban J connectivity index is 1.29. The molecule has 1 amide bonds. The lowest BCUT2D eigenvalue weighted by Gasteiger charge is -2.36. The Morgan fingerprint density at radius 2 is 1.93 bits per heavy atom. The SMILES string of the molecule is COc1cc(C(=O)NC[C@H]2COCCO2)ccc1OC1CCN(C2CCCC2)CC1. The van der Waals surface area contributed by atoms with Crippen LogP contribution in [0.25, 0.3) is 0 Å². The number of benzene rings is 1. The first-order valence-corrected chi connectivity index (χ1v) is 11.3. The number of nitrogens with one attached hydrogen (secondary N) is 1. The molecule has 30 heavy (non-hydrogen) atoms. The van der Waals surface area contributed by atoms with Crippen LogP contribution in [0.15, 0.2) is 18.2 Å². The van der Waals surface area contributed by atoms with Crippen LogP contribution >= 0.6 is 0 Å². The lowest BCUT2D eigenvalue weighted by atomic mass is 10.0. The molecule has 0 unspecified atom stereocenters. The van der Waals surface area contributed by atoms with E-state index < -0.39 is 0 Å². The number of nitrogens with zero attached hydrogens (tertiary/aromatic N) is 1. The maximum atomic E-state index is 12.5. The van der Waals surface area contributed by atoms with Gasteiger partial charge >= 0.3 is 0 Å². The summed E-state index contributed by atoms with van der Waals surface area (Å²) in [6.45, 7) is 4.33. The predicted molar refractivity (Wildman–Crippen MR) is 113 cm³/mol. The van der Waals surface area contributed by atoms with Gasteiger partial charge in [0.1, 0.15) is 6.10 Å². The molecular weight excluding hydrogens is 384 g/mol. The maximum absolute atomic E-state index is 12.5. The van der Waals surface area contributed by atoms with Crippen LogP contribution in [0.4, 0.5) is 0 Å². The van der Waals surface area contributed by atoms with Crippen molar-refractivity contribution in [3.8, 4) is 11.5 Å². The van der Waals surface area contributed by atoms with Crippen molar-refractivity contribution < 1.29 is 23.7 Å². The number of rotatable bonds is 7. The minimum atomic E-state index is -0.154. The molecule has 0 aromatic heterocycles. The van der Waals surface area contributed by atoms with Crippen LogP contribution in [-0.2, 0) is 9.47 Å². The first-order chi connectivity index (χ1) is 14.7. The third kappa shape index (κ3) is 5.45. The molecule has 3 aliphatic rings. The standard InChI is InChI=1S/C23H34N2O5/c1-27-22-14-17(23(26)24-15-20-16-28-12-13-29-20)6-7-21(22)30-19-8-10-25(11-9-19)18-4-2-3-5-18/h6-7,14,18-20H,2-5,8-13,15-16H2,1H3,(H,24,26)/t20-/m0/s1. The summed E-state index contributed by atoms with van der Waals surface area (Å²) in [7, 11) is 1.61. The first kappa shape index (κ1) is 21.4. The van der Waals surface area contributed by atoms with Gasteiger partial charge in [-0.15, -0.1) is 0 Å². The van der Waals surface area contributed by atoms with E-state index in [1.807, 2.05) is 6.07 Å². The molecule has 1 N–H and O–H groups in total. The molecule has 7 nitrogen and oxygen atoms in total. The fourth-order valence-corrected chi connectivity index (χ4v) is 4.68. The molecular formula is C23H34N2O5. The maximum Gasteiger partial charge on any atom is 0.251 e. The first-order valence-electron chi connectivity index (χ1n) is 11.3. The average Bonchev–Trinajstić information content (AvgIpc) is 3.34. The highest BCUT2D eigenvalue weighted by atomic mass is 16.6. The molecule has 1 aromatic carbocycles. The predicted octanol–water partition coefficient (Wildman–Crippen LogP) is 2.63. The van der Waals surface area contributed by atoms with Gasteiger partial charge < -0.3 is 29.2 Å². The van der Waals surface area contributed by atoms with Crippen LogP contribution in [0.5, 0.6) is 11.5 Å². The zero-order valence-corrected chi connectivity index (χ0v) is 17.9. The molecule has 1 saturated carbocycles. The molecule has 4 rings (SSSR count). The molecule has 0 radical (unpaired) electrons. The van der Waals surface area contributed by atoms with Gasteiger partial charge in [0.2, 0.25) is 0 Å². The van der Waals surface area contributed by atoms with Crippen molar-refractivity contribution in [2.75, 3.05) is 46.6 Å². The highest BCUT2D eigenvalue weighted by Gasteiger charge is 2.28. The molecule has 2 saturated heterocycles. The second kappa shape index (κ2) is 10.5. The molecule has 0 spiro atoms. The van der Waals surface area contributed by atoms with Crippen molar-refractivity contribution >= 4 is 5.91 Å². The Hall–Kier alpha value is -1.83. The van der Waals surface area contributed by atoms with Crippen LogP contribution in [-0.4, -0.2) is 75.6 Å². The van der Waals surface area contributed by atoms with E-state index in [-0.39, 0.29) is 18.1 Å². The second-order valence-electron chi connectivity index (χ2n) is 8.43. The smallest absolute Gasteiger partial charge is 0.251 e. The van der Waals surface area contributed by atoms with Gasteiger partial charge in [-0.1, -0.05) is 12.8 Å². The quantitative estimate of drug-likeness (QED) is 0.734. The summed E-state index contributed by atoms with van der Waals surface area (Å²) in [5.41, 5.74) is 0.548. The Morgan fingerprint density at radius 3 is 2.63 bits per heavy atom. The summed E-state index contributed by atoms with van der Waals surface area (Å²) < 4.78 is 22.7.